The lowest BCUT2D eigenvalue weighted by molar-refractivity contribution is -0.130. The molecule has 4 N–H and O–H groups in total. The summed E-state index contributed by atoms with van der Waals surface area (Å²) in [5, 5.41) is 14.4. The highest BCUT2D eigenvalue weighted by molar-refractivity contribution is 6.15. The van der Waals surface area contributed by atoms with Gasteiger partial charge < -0.3 is 10.8 Å². The van der Waals surface area contributed by atoms with Gasteiger partial charge in [0, 0.05) is 0 Å². The zero-order valence-corrected chi connectivity index (χ0v) is 5.66. The summed E-state index contributed by atoms with van der Waals surface area (Å²) < 4.78 is 0. The number of aliphatic carboxylic acids is 1. The van der Waals surface area contributed by atoms with Crippen molar-refractivity contribution in [1.82, 2.24) is 10.2 Å². The standard InChI is InChI=1S/C6H7N3O2/c1-3(6(10)11)4-2-8-9-5(4)7/h2H,1H2,(H,10,11)(H3,7,8,9). The number of carboxylic acid groups (broad SMARTS) is 1. The van der Waals surface area contributed by atoms with Crippen molar-refractivity contribution in [1.29, 1.82) is 0 Å². The van der Waals surface area contributed by atoms with Gasteiger partial charge in [0.15, 0.2) is 0 Å². The van der Waals surface area contributed by atoms with Gasteiger partial charge in [-0.3, -0.25) is 5.10 Å². The molecule has 5 nitrogen and oxygen atoms in total. The van der Waals surface area contributed by atoms with Crippen molar-refractivity contribution in [3.8, 4) is 0 Å². The highest BCUT2D eigenvalue weighted by Gasteiger charge is 2.11. The number of rotatable bonds is 2. The molecule has 0 bridgehead atoms. The predicted octanol–water partition coefficient (Wildman–Crippen LogP) is 0.0897. The third-order valence-corrected chi connectivity index (χ3v) is 1.25. The van der Waals surface area contributed by atoms with E-state index >= 15 is 0 Å². The van der Waals surface area contributed by atoms with E-state index in [0.29, 0.717) is 5.56 Å². The van der Waals surface area contributed by atoms with Gasteiger partial charge in [-0.2, -0.15) is 5.10 Å². The number of aromatic amines is 1. The lowest BCUT2D eigenvalue weighted by Crippen LogP contribution is -1.99. The Hall–Kier alpha value is -1.78. The summed E-state index contributed by atoms with van der Waals surface area (Å²) in [5.74, 6) is -0.879. The van der Waals surface area contributed by atoms with Crippen molar-refractivity contribution in [2.45, 2.75) is 0 Å². The summed E-state index contributed by atoms with van der Waals surface area (Å²) in [6.07, 6.45) is 1.33. The number of aromatic nitrogens is 2. The van der Waals surface area contributed by atoms with Crippen LogP contribution in [0, 0.1) is 0 Å². The van der Waals surface area contributed by atoms with E-state index in [1.54, 1.807) is 0 Å². The van der Waals surface area contributed by atoms with Crippen LogP contribution in [0.3, 0.4) is 0 Å². The minimum Gasteiger partial charge on any atom is -0.478 e. The Bertz CT molecular complexity index is 303. The Labute approximate surface area is 62.5 Å². The van der Waals surface area contributed by atoms with Crippen LogP contribution in [0.2, 0.25) is 0 Å². The molecule has 0 spiro atoms. The number of hydrogen-bond acceptors (Lipinski definition) is 3. The van der Waals surface area contributed by atoms with E-state index in [1.165, 1.54) is 6.20 Å². The maximum Gasteiger partial charge on any atom is 0.335 e. The molecule has 11 heavy (non-hydrogen) atoms. The molecule has 0 saturated carbocycles. The number of nitrogens with one attached hydrogen (secondary N) is 1. The monoisotopic (exact) mass is 153 g/mol. The first-order valence-electron chi connectivity index (χ1n) is 2.84. The molecule has 58 valence electrons. The average molecular weight is 153 g/mol. The molecule has 1 aromatic heterocycles. The molecular weight excluding hydrogens is 146 g/mol. The molecule has 0 unspecified atom stereocenters. The van der Waals surface area contributed by atoms with Crippen LogP contribution in [0.1, 0.15) is 5.56 Å². The number of carboxylic acids is 1. The summed E-state index contributed by atoms with van der Waals surface area (Å²) in [6.45, 7) is 3.32. The van der Waals surface area contributed by atoms with Gasteiger partial charge in [0.25, 0.3) is 0 Å². The molecule has 1 aromatic rings. The van der Waals surface area contributed by atoms with Gasteiger partial charge in [-0.05, 0) is 0 Å². The first kappa shape index (κ1) is 7.33. The predicted molar refractivity (Wildman–Crippen MR) is 39.7 cm³/mol. The minimum absolute atomic E-state index is 0.0590. The SMILES string of the molecule is C=C(C(=O)O)c1cn[nH]c1N. The second-order valence-electron chi connectivity index (χ2n) is 1.98. The normalized spacial score (nSPS) is 9.45. The fraction of sp³-hybridized carbons (Fsp3) is 0. The van der Waals surface area contributed by atoms with E-state index in [0.717, 1.165) is 0 Å². The number of nitrogens with zero attached hydrogens (tertiary/aromatic N) is 1. The van der Waals surface area contributed by atoms with Gasteiger partial charge >= 0.3 is 5.97 Å². The van der Waals surface area contributed by atoms with Gasteiger partial charge in [-0.15, -0.1) is 0 Å². The number of carbonyl (C=O) groups is 1. The molecule has 0 aromatic carbocycles. The third-order valence-electron chi connectivity index (χ3n) is 1.25. The van der Waals surface area contributed by atoms with Crippen LogP contribution >= 0.6 is 0 Å². The maximum absolute atomic E-state index is 10.4. The molecule has 0 radical (unpaired) electrons. The highest BCUT2D eigenvalue weighted by atomic mass is 16.4. The quantitative estimate of drug-likeness (QED) is 0.525. The maximum atomic E-state index is 10.4. The van der Waals surface area contributed by atoms with Crippen LogP contribution in [-0.4, -0.2) is 21.3 Å². The second-order valence-corrected chi connectivity index (χ2v) is 1.98. The summed E-state index contributed by atoms with van der Waals surface area (Å²) in [6, 6.07) is 0. The molecule has 0 aliphatic rings. The molecule has 0 aliphatic heterocycles. The number of H-pyrrole nitrogens is 1. The largest absolute Gasteiger partial charge is 0.478 e. The minimum atomic E-state index is -1.10. The second kappa shape index (κ2) is 2.45. The van der Waals surface area contributed by atoms with Crippen molar-refractivity contribution >= 4 is 17.4 Å². The molecule has 0 amide bonds. The summed E-state index contributed by atoms with van der Waals surface area (Å²) >= 11 is 0. The van der Waals surface area contributed by atoms with Crippen molar-refractivity contribution in [2.75, 3.05) is 5.73 Å². The average Bonchev–Trinajstić information content (AvgIpc) is 2.33. The van der Waals surface area contributed by atoms with Crippen LogP contribution in [0.15, 0.2) is 12.8 Å². The van der Waals surface area contributed by atoms with E-state index < -0.39 is 5.97 Å². The summed E-state index contributed by atoms with van der Waals surface area (Å²) in [7, 11) is 0. The number of nitrogen functional groups attached to an aromatic ring is 1. The molecule has 1 heterocycles. The summed E-state index contributed by atoms with van der Waals surface area (Å²) in [4.78, 5) is 10.4. The van der Waals surface area contributed by atoms with Crippen molar-refractivity contribution < 1.29 is 9.90 Å². The molecule has 0 aliphatic carbocycles. The van der Waals surface area contributed by atoms with Gasteiger partial charge in [0.05, 0.1) is 17.3 Å². The topological polar surface area (TPSA) is 92.0 Å². The molecule has 0 saturated heterocycles. The Morgan fingerprint density at radius 1 is 1.82 bits per heavy atom. The lowest BCUT2D eigenvalue weighted by atomic mass is 10.1. The van der Waals surface area contributed by atoms with E-state index in [1.807, 2.05) is 0 Å². The Morgan fingerprint density at radius 3 is 2.82 bits per heavy atom. The molecule has 0 fully saturated rings. The smallest absolute Gasteiger partial charge is 0.335 e. The van der Waals surface area contributed by atoms with E-state index in [9.17, 15) is 4.79 Å². The number of hydrogen-bond donors (Lipinski definition) is 3. The van der Waals surface area contributed by atoms with Gasteiger partial charge in [-0.25, -0.2) is 4.79 Å². The first-order chi connectivity index (χ1) is 5.13. The third kappa shape index (κ3) is 1.21. The number of nitrogens with two attached hydrogens (primary N) is 1. The zero-order valence-electron chi connectivity index (χ0n) is 5.66. The van der Waals surface area contributed by atoms with E-state index in [2.05, 4.69) is 16.8 Å². The molecule has 0 atom stereocenters. The van der Waals surface area contributed by atoms with Crippen LogP contribution in [0.5, 0.6) is 0 Å². The number of anilines is 1. The zero-order chi connectivity index (χ0) is 8.43. The van der Waals surface area contributed by atoms with Crippen LogP contribution in [-0.2, 0) is 4.79 Å². The summed E-state index contributed by atoms with van der Waals surface area (Å²) in [5.41, 5.74) is 5.61. The first-order valence-corrected chi connectivity index (χ1v) is 2.84. The van der Waals surface area contributed by atoms with Crippen molar-refractivity contribution in [2.24, 2.45) is 0 Å². The fourth-order valence-corrected chi connectivity index (χ4v) is 0.652. The fourth-order valence-electron chi connectivity index (χ4n) is 0.652. The van der Waals surface area contributed by atoms with Crippen molar-refractivity contribution in [3.05, 3.63) is 18.3 Å². The Kier molecular flexibility index (Phi) is 1.63. The van der Waals surface area contributed by atoms with E-state index in [-0.39, 0.29) is 11.4 Å². The molecule has 5 heteroatoms. The van der Waals surface area contributed by atoms with Gasteiger partial charge in [0.2, 0.25) is 0 Å². The van der Waals surface area contributed by atoms with Gasteiger partial charge in [0.1, 0.15) is 5.82 Å². The molecule has 1 rings (SSSR count). The molecular formula is C6H7N3O2. The Balaban J connectivity index is 3.02. The van der Waals surface area contributed by atoms with Gasteiger partial charge in [-0.1, -0.05) is 6.58 Å². The van der Waals surface area contributed by atoms with Crippen LogP contribution in [0.4, 0.5) is 5.82 Å². The van der Waals surface area contributed by atoms with Crippen molar-refractivity contribution in [3.63, 3.8) is 0 Å². The van der Waals surface area contributed by atoms with Crippen LogP contribution < -0.4 is 5.73 Å². The highest BCUT2D eigenvalue weighted by Crippen LogP contribution is 2.16. The van der Waals surface area contributed by atoms with Crippen LogP contribution in [0.25, 0.3) is 5.57 Å². The Morgan fingerprint density at radius 2 is 2.45 bits per heavy atom. The lowest BCUT2D eigenvalue weighted by Gasteiger charge is -1.95. The van der Waals surface area contributed by atoms with E-state index in [4.69, 9.17) is 10.8 Å².